The van der Waals surface area contributed by atoms with Gasteiger partial charge in [-0.25, -0.2) is 4.68 Å². The minimum Gasteiger partial charge on any atom is -0.300 e. The summed E-state index contributed by atoms with van der Waals surface area (Å²) in [6, 6.07) is 1.41. The lowest BCUT2D eigenvalue weighted by Gasteiger charge is -2.39. The Bertz CT molecular complexity index is 485. The number of hydrogen-bond acceptors (Lipinski definition) is 5. The standard InChI is InChI=1S/C17H29N5S/c1-2-8-20(7-1)13-15-14-22(19-18-15)17-3-9-21(10-4-17)16-5-11-23-12-6-16/h14,16-17H,1-13H2. The van der Waals surface area contributed by atoms with E-state index in [1.807, 2.05) is 0 Å². The molecular weight excluding hydrogens is 306 g/mol. The first-order valence-corrected chi connectivity index (χ1v) is 10.5. The number of aromatic nitrogens is 3. The van der Waals surface area contributed by atoms with Crippen LogP contribution in [0.25, 0.3) is 0 Å². The molecule has 5 nitrogen and oxygen atoms in total. The average molecular weight is 336 g/mol. The first kappa shape index (κ1) is 15.9. The number of nitrogens with zero attached hydrogens (tertiary/aromatic N) is 5. The minimum absolute atomic E-state index is 0.559. The van der Waals surface area contributed by atoms with Crippen molar-refractivity contribution < 1.29 is 0 Å². The molecule has 0 saturated carbocycles. The third-order valence-electron chi connectivity index (χ3n) is 5.72. The molecule has 0 aromatic carbocycles. The van der Waals surface area contributed by atoms with Crippen molar-refractivity contribution in [3.63, 3.8) is 0 Å². The Morgan fingerprint density at radius 1 is 0.957 bits per heavy atom. The van der Waals surface area contributed by atoms with Gasteiger partial charge in [0.1, 0.15) is 0 Å². The second-order valence-electron chi connectivity index (χ2n) is 7.28. The second-order valence-corrected chi connectivity index (χ2v) is 8.51. The van der Waals surface area contributed by atoms with E-state index in [-0.39, 0.29) is 0 Å². The summed E-state index contributed by atoms with van der Waals surface area (Å²) >= 11 is 2.12. The van der Waals surface area contributed by atoms with Crippen LogP contribution in [0.5, 0.6) is 0 Å². The summed E-state index contributed by atoms with van der Waals surface area (Å²) in [6.07, 6.45) is 10.1. The number of rotatable bonds is 4. The highest BCUT2D eigenvalue weighted by Crippen LogP contribution is 2.28. The van der Waals surface area contributed by atoms with E-state index in [1.165, 1.54) is 76.2 Å². The Kier molecular flexibility index (Phi) is 5.21. The van der Waals surface area contributed by atoms with Crippen molar-refractivity contribution in [1.82, 2.24) is 24.8 Å². The van der Waals surface area contributed by atoms with Crippen molar-refractivity contribution in [2.75, 3.05) is 37.7 Å². The Labute approximate surface area is 143 Å². The molecule has 0 N–H and O–H groups in total. The van der Waals surface area contributed by atoms with Crippen LogP contribution in [0.15, 0.2) is 6.20 Å². The van der Waals surface area contributed by atoms with Crippen molar-refractivity contribution in [2.45, 2.75) is 57.2 Å². The molecule has 0 spiro atoms. The molecule has 0 unspecified atom stereocenters. The van der Waals surface area contributed by atoms with Crippen LogP contribution >= 0.6 is 11.8 Å². The molecule has 4 rings (SSSR count). The van der Waals surface area contributed by atoms with E-state index >= 15 is 0 Å². The Hall–Kier alpha value is -0.590. The third-order valence-corrected chi connectivity index (χ3v) is 6.77. The molecule has 0 bridgehead atoms. The van der Waals surface area contributed by atoms with E-state index in [0.717, 1.165) is 18.3 Å². The predicted molar refractivity (Wildman–Crippen MR) is 94.7 cm³/mol. The zero-order valence-corrected chi connectivity index (χ0v) is 14.9. The fraction of sp³-hybridized carbons (Fsp3) is 0.882. The first-order chi connectivity index (χ1) is 11.4. The van der Waals surface area contributed by atoms with Gasteiger partial charge >= 0.3 is 0 Å². The second kappa shape index (κ2) is 7.53. The van der Waals surface area contributed by atoms with Gasteiger partial charge in [0, 0.05) is 25.7 Å². The van der Waals surface area contributed by atoms with Crippen LogP contribution in [0.3, 0.4) is 0 Å². The minimum atomic E-state index is 0.559. The van der Waals surface area contributed by atoms with Crippen LogP contribution in [-0.2, 0) is 6.54 Å². The van der Waals surface area contributed by atoms with Gasteiger partial charge in [-0.2, -0.15) is 11.8 Å². The Morgan fingerprint density at radius 2 is 1.70 bits per heavy atom. The van der Waals surface area contributed by atoms with E-state index < -0.39 is 0 Å². The molecule has 0 atom stereocenters. The molecule has 3 saturated heterocycles. The maximum Gasteiger partial charge on any atom is 0.0967 e. The van der Waals surface area contributed by atoms with Gasteiger partial charge in [-0.05, 0) is 63.1 Å². The van der Waals surface area contributed by atoms with Crippen molar-refractivity contribution in [1.29, 1.82) is 0 Å². The van der Waals surface area contributed by atoms with E-state index in [1.54, 1.807) is 0 Å². The van der Waals surface area contributed by atoms with Crippen LogP contribution in [0.1, 0.15) is 50.3 Å². The monoisotopic (exact) mass is 335 g/mol. The Balaban J connectivity index is 1.29. The largest absolute Gasteiger partial charge is 0.300 e. The number of piperidine rings is 1. The fourth-order valence-corrected chi connectivity index (χ4v) is 5.38. The lowest BCUT2D eigenvalue weighted by molar-refractivity contribution is 0.123. The normalized spacial score (nSPS) is 26.1. The summed E-state index contributed by atoms with van der Waals surface area (Å²) in [5.41, 5.74) is 1.15. The van der Waals surface area contributed by atoms with Crippen LogP contribution in [0.4, 0.5) is 0 Å². The molecule has 3 fully saturated rings. The zero-order valence-electron chi connectivity index (χ0n) is 14.1. The van der Waals surface area contributed by atoms with Crippen LogP contribution in [-0.4, -0.2) is 68.5 Å². The maximum atomic E-state index is 4.44. The summed E-state index contributed by atoms with van der Waals surface area (Å²) in [4.78, 5) is 5.23. The van der Waals surface area contributed by atoms with E-state index in [9.17, 15) is 0 Å². The molecule has 23 heavy (non-hydrogen) atoms. The topological polar surface area (TPSA) is 37.2 Å². The molecule has 0 amide bonds. The summed E-state index contributed by atoms with van der Waals surface area (Å²) < 4.78 is 2.15. The maximum absolute atomic E-state index is 4.44. The molecule has 128 valence electrons. The van der Waals surface area contributed by atoms with Crippen molar-refractivity contribution >= 4 is 11.8 Å². The van der Waals surface area contributed by atoms with Gasteiger partial charge in [-0.1, -0.05) is 5.21 Å². The molecule has 1 aromatic heterocycles. The van der Waals surface area contributed by atoms with Crippen LogP contribution in [0.2, 0.25) is 0 Å². The highest BCUT2D eigenvalue weighted by molar-refractivity contribution is 7.99. The van der Waals surface area contributed by atoms with Crippen molar-refractivity contribution in [3.8, 4) is 0 Å². The van der Waals surface area contributed by atoms with Gasteiger partial charge in [0.2, 0.25) is 0 Å². The molecule has 0 radical (unpaired) electrons. The van der Waals surface area contributed by atoms with Crippen molar-refractivity contribution in [3.05, 3.63) is 11.9 Å². The van der Waals surface area contributed by atoms with E-state index in [2.05, 4.69) is 42.8 Å². The fourth-order valence-electron chi connectivity index (χ4n) is 4.30. The van der Waals surface area contributed by atoms with Crippen molar-refractivity contribution in [2.24, 2.45) is 0 Å². The highest BCUT2D eigenvalue weighted by Gasteiger charge is 2.27. The van der Waals surface area contributed by atoms with Gasteiger partial charge in [0.25, 0.3) is 0 Å². The highest BCUT2D eigenvalue weighted by atomic mass is 32.2. The summed E-state index contributed by atoms with van der Waals surface area (Å²) in [5.74, 6) is 2.71. The van der Waals surface area contributed by atoms with Gasteiger partial charge < -0.3 is 4.90 Å². The molecule has 1 aromatic rings. The molecule has 0 aliphatic carbocycles. The molecule has 3 aliphatic heterocycles. The van der Waals surface area contributed by atoms with Crippen LogP contribution in [0, 0.1) is 0 Å². The Morgan fingerprint density at radius 3 is 2.43 bits per heavy atom. The average Bonchev–Trinajstić information content (AvgIpc) is 3.28. The van der Waals surface area contributed by atoms with Gasteiger partial charge in [0.15, 0.2) is 0 Å². The van der Waals surface area contributed by atoms with Gasteiger partial charge in [-0.3, -0.25) is 4.90 Å². The number of thioether (sulfide) groups is 1. The molecular formula is C17H29N5S. The van der Waals surface area contributed by atoms with E-state index in [4.69, 9.17) is 0 Å². The smallest absolute Gasteiger partial charge is 0.0967 e. The van der Waals surface area contributed by atoms with Gasteiger partial charge in [0.05, 0.1) is 17.9 Å². The first-order valence-electron chi connectivity index (χ1n) is 9.33. The molecule has 4 heterocycles. The predicted octanol–water partition coefficient (Wildman–Crippen LogP) is 2.41. The van der Waals surface area contributed by atoms with Gasteiger partial charge in [-0.15, -0.1) is 5.10 Å². The molecule has 3 aliphatic rings. The van der Waals surface area contributed by atoms with E-state index in [0.29, 0.717) is 6.04 Å². The van der Waals surface area contributed by atoms with Crippen LogP contribution < -0.4 is 0 Å². The summed E-state index contributed by atoms with van der Waals surface area (Å²) in [5, 5.41) is 8.86. The summed E-state index contributed by atoms with van der Waals surface area (Å²) in [6.45, 7) is 5.91. The number of likely N-dealkylation sites (tertiary alicyclic amines) is 2. The zero-order chi connectivity index (χ0) is 15.5. The lowest BCUT2D eigenvalue weighted by Crippen LogP contribution is -2.43. The third kappa shape index (κ3) is 3.91. The summed E-state index contributed by atoms with van der Waals surface area (Å²) in [7, 11) is 0. The molecule has 6 heteroatoms. The SMILES string of the molecule is c1c(CN2CCCC2)nnn1C1CCN(C2CCSCC2)CC1. The quantitative estimate of drug-likeness (QED) is 0.845. The number of hydrogen-bond donors (Lipinski definition) is 0. The lowest BCUT2D eigenvalue weighted by atomic mass is 10.0.